The molecule has 2 aliphatic heterocycles. The number of nitrogens with zero attached hydrogens (tertiary/aromatic N) is 6. The van der Waals surface area contributed by atoms with Crippen molar-refractivity contribution >= 4 is 44.1 Å². The fourth-order valence-electron chi connectivity index (χ4n) is 8.93. The van der Waals surface area contributed by atoms with Gasteiger partial charge in [0.2, 0.25) is 0 Å². The van der Waals surface area contributed by atoms with Crippen LogP contribution < -0.4 is 18.9 Å². The normalized spacial score (nSPS) is 11.6. The van der Waals surface area contributed by atoms with E-state index < -0.39 is 0 Å². The van der Waals surface area contributed by atoms with Gasteiger partial charge in [-0.25, -0.2) is 29.9 Å². The highest BCUT2D eigenvalue weighted by Gasteiger charge is 2.24. The third-order valence-corrected chi connectivity index (χ3v) is 12.7. The van der Waals surface area contributed by atoms with Gasteiger partial charge in [0.25, 0.3) is 0 Å². The van der Waals surface area contributed by atoms with Crippen molar-refractivity contribution in [2.24, 2.45) is 0 Å². The Balaban J connectivity index is 1.06. The largest absolute Gasteiger partial charge is 0.457 e. The molecule has 12 heteroatoms. The Morgan fingerprint density at radius 3 is 0.847 bits per heavy atom. The molecule has 0 saturated carbocycles. The Kier molecular flexibility index (Phi) is 10.1. The topological polar surface area (TPSA) is 146 Å². The van der Waals surface area contributed by atoms with Crippen molar-refractivity contribution in [2.45, 2.75) is 27.7 Å². The smallest absolute Gasteiger partial charge is 0.164 e. The number of aromatic nitrogens is 8. The van der Waals surface area contributed by atoms with Crippen molar-refractivity contribution in [3.05, 3.63) is 192 Å². The van der Waals surface area contributed by atoms with Crippen molar-refractivity contribution in [3.63, 3.8) is 0 Å². The molecule has 8 bridgehead atoms. The SMILES string of the molecule is Cc1ccc(Oc2ccc3c(c2)-c2nc-3nc3[nH]c(nc4nc(nc5[nH]c(n2)c2ccc(Oc6ccc(C)cc6)cc52)-c2ccc(Oc5ccc(C)cc5)cc2-4)c2ccc(Oc4ccc(C)cc4)cc32)cc1. The lowest BCUT2D eigenvalue weighted by Gasteiger charge is -2.08. The molecular weight excluding hydrogens is 897 g/mol. The highest BCUT2D eigenvalue weighted by molar-refractivity contribution is 6.07. The van der Waals surface area contributed by atoms with Crippen LogP contribution in [0.3, 0.4) is 0 Å². The number of H-pyrrole nitrogens is 2. The third kappa shape index (κ3) is 8.06. The van der Waals surface area contributed by atoms with Crippen LogP contribution in [0.1, 0.15) is 22.3 Å². The minimum Gasteiger partial charge on any atom is -0.457 e. The lowest BCUT2D eigenvalue weighted by atomic mass is 10.1. The van der Waals surface area contributed by atoms with E-state index in [1.165, 1.54) is 0 Å². The maximum Gasteiger partial charge on any atom is 0.164 e. The number of aryl methyl sites for hydroxylation is 4. The Morgan fingerprint density at radius 2 is 0.514 bits per heavy atom. The summed E-state index contributed by atoms with van der Waals surface area (Å²) in [6.45, 7) is 8.19. The summed E-state index contributed by atoms with van der Waals surface area (Å²) in [4.78, 5) is 38.6. The lowest BCUT2D eigenvalue weighted by molar-refractivity contribution is 0.482. The molecule has 13 rings (SSSR count). The summed E-state index contributed by atoms with van der Waals surface area (Å²) in [5.74, 6) is 7.12. The van der Waals surface area contributed by atoms with Gasteiger partial charge in [-0.1, -0.05) is 70.8 Å². The van der Waals surface area contributed by atoms with Gasteiger partial charge in [-0.2, -0.15) is 0 Å². The van der Waals surface area contributed by atoms with Crippen LogP contribution in [0.15, 0.2) is 170 Å². The zero-order valence-corrected chi connectivity index (χ0v) is 39.5. The molecule has 12 nitrogen and oxygen atoms in total. The number of hydrogen-bond acceptors (Lipinski definition) is 10. The molecule has 0 saturated heterocycles. The first-order valence-electron chi connectivity index (χ1n) is 23.6. The van der Waals surface area contributed by atoms with E-state index in [2.05, 4.69) is 9.97 Å². The maximum absolute atomic E-state index is 6.41. The van der Waals surface area contributed by atoms with Crippen LogP contribution >= 0.6 is 0 Å². The molecule has 2 aliphatic rings. The Morgan fingerprint density at radius 1 is 0.250 bits per heavy atom. The number of rotatable bonds is 8. The maximum atomic E-state index is 6.41. The van der Waals surface area contributed by atoms with Gasteiger partial charge in [-0.3, -0.25) is 0 Å². The van der Waals surface area contributed by atoms with E-state index in [-0.39, 0.29) is 0 Å². The van der Waals surface area contributed by atoms with Gasteiger partial charge in [-0.05, 0) is 149 Å². The van der Waals surface area contributed by atoms with Crippen LogP contribution in [-0.4, -0.2) is 39.9 Å². The molecule has 3 aromatic heterocycles. The van der Waals surface area contributed by atoms with Crippen LogP contribution in [-0.2, 0) is 0 Å². The molecule has 0 atom stereocenters. The van der Waals surface area contributed by atoms with Crippen molar-refractivity contribution in [2.75, 3.05) is 0 Å². The standard InChI is InChI=1S/C60H42N8O4/c1-33-5-13-37(14-6-33)69-41-21-25-45-49(29-41)57-61-53(45)66-58-51-31-43(71-39-17-9-35(3)10-18-39)23-27-47(51)55(63-58)68-60-52-32-44(72-40-19-11-36(4)12-20-40)24-28-48(52)56(64-60)67-59-50-30-42(22-26-46(50)54(62-59)65-57)70-38-15-7-34(2)8-16-38/h5-32H,1-4H3,(H2,61,62,63,64,65,66,67,68). The van der Waals surface area contributed by atoms with E-state index >= 15 is 0 Å². The predicted octanol–water partition coefficient (Wildman–Crippen LogP) is 15.3. The fraction of sp³-hybridized carbons (Fsp3) is 0.0667. The Bertz CT molecular complexity index is 3860. The monoisotopic (exact) mass is 938 g/mol. The molecule has 0 spiro atoms. The van der Waals surface area contributed by atoms with Crippen LogP contribution in [0.25, 0.3) is 89.7 Å². The summed E-state index contributed by atoms with van der Waals surface area (Å²) in [6, 6.07) is 55.3. The van der Waals surface area contributed by atoms with Crippen molar-refractivity contribution in [1.82, 2.24) is 39.9 Å². The van der Waals surface area contributed by atoms with Gasteiger partial charge in [-0.15, -0.1) is 0 Å². The second kappa shape index (κ2) is 17.1. The first kappa shape index (κ1) is 42.4. The predicted molar refractivity (Wildman–Crippen MR) is 281 cm³/mol. The molecule has 346 valence electrons. The highest BCUT2D eigenvalue weighted by Crippen LogP contribution is 2.42. The quantitative estimate of drug-likeness (QED) is 0.151. The van der Waals surface area contributed by atoms with Crippen LogP contribution in [0.2, 0.25) is 0 Å². The van der Waals surface area contributed by atoms with E-state index in [4.69, 9.17) is 48.9 Å². The van der Waals surface area contributed by atoms with E-state index in [9.17, 15) is 0 Å². The first-order valence-corrected chi connectivity index (χ1v) is 23.6. The number of fused-ring (bicyclic) bond motifs is 20. The van der Waals surface area contributed by atoms with Crippen molar-refractivity contribution in [1.29, 1.82) is 0 Å². The molecule has 0 fully saturated rings. The number of ether oxygens (including phenoxy) is 4. The van der Waals surface area contributed by atoms with Gasteiger partial charge in [0.15, 0.2) is 23.3 Å². The van der Waals surface area contributed by atoms with E-state index in [1.54, 1.807) is 0 Å². The van der Waals surface area contributed by atoms with Crippen LogP contribution in [0, 0.1) is 27.7 Å². The minimum absolute atomic E-state index is 0.435. The fourth-order valence-corrected chi connectivity index (χ4v) is 8.93. The number of aromatic amines is 2. The molecule has 5 heterocycles. The van der Waals surface area contributed by atoms with E-state index in [0.29, 0.717) is 91.9 Å². The van der Waals surface area contributed by atoms with E-state index in [0.717, 1.165) is 66.1 Å². The third-order valence-electron chi connectivity index (χ3n) is 12.7. The second-order valence-electron chi connectivity index (χ2n) is 18.1. The molecule has 72 heavy (non-hydrogen) atoms. The minimum atomic E-state index is 0.435. The molecular formula is C60H42N8O4. The Hall–Kier alpha value is -9.68. The summed E-state index contributed by atoms with van der Waals surface area (Å²) < 4.78 is 25.6. The summed E-state index contributed by atoms with van der Waals surface area (Å²) >= 11 is 0. The van der Waals surface area contributed by atoms with Crippen molar-refractivity contribution in [3.8, 4) is 91.5 Å². The average Bonchev–Trinajstić information content (AvgIpc) is 4.12. The summed E-state index contributed by atoms with van der Waals surface area (Å²) in [7, 11) is 0. The van der Waals surface area contributed by atoms with Gasteiger partial charge < -0.3 is 28.9 Å². The summed E-state index contributed by atoms with van der Waals surface area (Å²) in [5, 5.41) is 3.13. The lowest BCUT2D eigenvalue weighted by Crippen LogP contribution is -1.88. The average molecular weight is 939 g/mol. The zero-order valence-electron chi connectivity index (χ0n) is 39.5. The molecule has 11 aromatic rings. The van der Waals surface area contributed by atoms with Crippen LogP contribution in [0.5, 0.6) is 46.0 Å². The van der Waals surface area contributed by atoms with Gasteiger partial charge >= 0.3 is 0 Å². The first-order chi connectivity index (χ1) is 35.2. The summed E-state index contributed by atoms with van der Waals surface area (Å²) in [5.41, 5.74) is 9.69. The highest BCUT2D eigenvalue weighted by atomic mass is 16.5. The molecule has 8 aromatic carbocycles. The van der Waals surface area contributed by atoms with Gasteiger partial charge in [0.1, 0.15) is 68.6 Å². The van der Waals surface area contributed by atoms with Gasteiger partial charge in [0.05, 0.1) is 0 Å². The molecule has 2 N–H and O–H groups in total. The van der Waals surface area contributed by atoms with E-state index in [1.807, 2.05) is 198 Å². The molecule has 0 aliphatic carbocycles. The molecule has 0 radical (unpaired) electrons. The number of benzene rings is 8. The van der Waals surface area contributed by atoms with Crippen LogP contribution in [0.4, 0.5) is 0 Å². The van der Waals surface area contributed by atoms with Crippen molar-refractivity contribution < 1.29 is 18.9 Å². The number of nitrogens with one attached hydrogen (secondary N) is 2. The molecule has 0 amide bonds. The number of hydrogen-bond donors (Lipinski definition) is 2. The zero-order chi connectivity index (χ0) is 48.5. The second-order valence-corrected chi connectivity index (χ2v) is 18.1. The Labute approximate surface area is 412 Å². The summed E-state index contributed by atoms with van der Waals surface area (Å²) in [6.07, 6.45) is 0. The van der Waals surface area contributed by atoms with Gasteiger partial charge in [0, 0.05) is 43.8 Å². The molecule has 0 unspecified atom stereocenters.